The Morgan fingerprint density at radius 2 is 1.68 bits per heavy atom. The second-order valence-electron chi connectivity index (χ2n) is 13.7. The van der Waals surface area contributed by atoms with Crippen LogP contribution >= 0.6 is 0 Å². The van der Waals surface area contributed by atoms with Crippen molar-refractivity contribution in [3.05, 3.63) is 12.4 Å². The number of nitrogens with one attached hydrogen (secondary N) is 1. The third kappa shape index (κ3) is 7.66. The van der Waals surface area contributed by atoms with Crippen molar-refractivity contribution in [1.82, 2.24) is 20.2 Å². The van der Waals surface area contributed by atoms with E-state index in [9.17, 15) is 9.59 Å². The van der Waals surface area contributed by atoms with Crippen LogP contribution in [0.3, 0.4) is 0 Å². The summed E-state index contributed by atoms with van der Waals surface area (Å²) in [6.07, 6.45) is 5.80. The molecule has 0 radical (unpaired) electrons. The van der Waals surface area contributed by atoms with Crippen molar-refractivity contribution >= 4 is 30.5 Å². The molecule has 0 saturated carbocycles. The number of nitrogens with zero attached hydrogens (tertiary/aromatic N) is 4. The van der Waals surface area contributed by atoms with Crippen LogP contribution in [0, 0.1) is 5.92 Å². The summed E-state index contributed by atoms with van der Waals surface area (Å²) in [4.78, 5) is 39.8. The first kappa shape index (κ1) is 32.1. The number of hydrogen-bond donors (Lipinski definition) is 1. The van der Waals surface area contributed by atoms with Gasteiger partial charge in [0.15, 0.2) is 0 Å². The summed E-state index contributed by atoms with van der Waals surface area (Å²) in [5.41, 5.74) is -0.751. The number of rotatable bonds is 8. The van der Waals surface area contributed by atoms with Crippen molar-refractivity contribution < 1.29 is 23.6 Å². The Kier molecular flexibility index (Phi) is 9.82. The predicted octanol–water partition coefficient (Wildman–Crippen LogP) is 3.92. The SMILES string of the molecule is CC(C)[C@H](NC(=O)OC(C)(C)C)C(=O)N1CCCC[C@H]1CN(c1ncc(B2OC(C)(C)C(C)(C)O2)cn1)C(C)C. The van der Waals surface area contributed by atoms with Gasteiger partial charge in [0.05, 0.1) is 11.2 Å². The lowest BCUT2D eigenvalue weighted by Crippen LogP contribution is -2.58. The van der Waals surface area contributed by atoms with Gasteiger partial charge < -0.3 is 29.2 Å². The van der Waals surface area contributed by atoms with Gasteiger partial charge in [-0.25, -0.2) is 14.8 Å². The average molecular weight is 560 g/mol. The molecule has 0 aliphatic carbocycles. The lowest BCUT2D eigenvalue weighted by Gasteiger charge is -2.42. The number of likely N-dealkylation sites (tertiary alicyclic amines) is 1. The average Bonchev–Trinajstić information content (AvgIpc) is 3.06. The van der Waals surface area contributed by atoms with Gasteiger partial charge in [0.25, 0.3) is 0 Å². The molecule has 0 spiro atoms. The fourth-order valence-corrected chi connectivity index (χ4v) is 4.94. The van der Waals surface area contributed by atoms with Gasteiger partial charge in [-0.05, 0) is 87.5 Å². The topological polar surface area (TPSA) is 106 Å². The van der Waals surface area contributed by atoms with Crippen molar-refractivity contribution in [3.8, 4) is 0 Å². The zero-order chi connectivity index (χ0) is 30.0. The normalized spacial score (nSPS) is 21.5. The summed E-state index contributed by atoms with van der Waals surface area (Å²) < 4.78 is 17.8. The molecule has 0 bridgehead atoms. The fraction of sp³-hybridized carbons (Fsp3) is 0.793. The molecule has 11 heteroatoms. The zero-order valence-corrected chi connectivity index (χ0v) is 26.4. The Hall–Kier alpha value is -2.40. The van der Waals surface area contributed by atoms with E-state index in [0.717, 1.165) is 24.7 Å². The van der Waals surface area contributed by atoms with Crippen LogP contribution in [-0.2, 0) is 18.8 Å². The number of carbonyl (C=O) groups excluding carboxylic acids is 2. The molecule has 2 amide bonds. The van der Waals surface area contributed by atoms with Crippen LogP contribution in [0.1, 0.15) is 95.4 Å². The van der Waals surface area contributed by atoms with Crippen LogP contribution in [0.5, 0.6) is 0 Å². The molecule has 2 fully saturated rings. The number of piperidine rings is 1. The fourth-order valence-electron chi connectivity index (χ4n) is 4.94. The smallest absolute Gasteiger partial charge is 0.444 e. The van der Waals surface area contributed by atoms with E-state index in [1.807, 2.05) is 67.2 Å². The Balaban J connectivity index is 1.76. The molecule has 0 unspecified atom stereocenters. The van der Waals surface area contributed by atoms with Crippen molar-refractivity contribution in [1.29, 1.82) is 0 Å². The molecule has 1 aromatic heterocycles. The van der Waals surface area contributed by atoms with Gasteiger partial charge in [-0.15, -0.1) is 0 Å². The third-order valence-electron chi connectivity index (χ3n) is 7.99. The minimum absolute atomic E-state index is 0.0308. The van der Waals surface area contributed by atoms with E-state index in [-0.39, 0.29) is 23.9 Å². The highest BCUT2D eigenvalue weighted by Crippen LogP contribution is 2.36. The largest absolute Gasteiger partial charge is 0.498 e. The van der Waals surface area contributed by atoms with Gasteiger partial charge in [0.1, 0.15) is 11.6 Å². The Morgan fingerprint density at radius 3 is 2.17 bits per heavy atom. The zero-order valence-electron chi connectivity index (χ0n) is 26.4. The minimum Gasteiger partial charge on any atom is -0.444 e. The maximum atomic E-state index is 13.8. The molecule has 2 atom stereocenters. The number of hydrogen-bond acceptors (Lipinski definition) is 8. The molecular formula is C29H50BN5O5. The lowest BCUT2D eigenvalue weighted by atomic mass is 9.81. The van der Waals surface area contributed by atoms with E-state index < -0.39 is 36.1 Å². The number of ether oxygens (including phenoxy) is 1. The second-order valence-corrected chi connectivity index (χ2v) is 13.7. The summed E-state index contributed by atoms with van der Waals surface area (Å²) in [6.45, 7) is 22.8. The Labute approximate surface area is 241 Å². The van der Waals surface area contributed by atoms with Gasteiger partial charge in [-0.2, -0.15) is 0 Å². The number of anilines is 1. The van der Waals surface area contributed by atoms with E-state index in [1.165, 1.54) is 0 Å². The minimum atomic E-state index is -0.668. The highest BCUT2D eigenvalue weighted by Gasteiger charge is 2.52. The first-order chi connectivity index (χ1) is 18.4. The summed E-state index contributed by atoms with van der Waals surface area (Å²) >= 11 is 0. The first-order valence-electron chi connectivity index (χ1n) is 14.7. The number of alkyl carbamates (subject to hydrolysis) is 1. The molecule has 0 aromatic carbocycles. The van der Waals surface area contributed by atoms with Gasteiger partial charge >= 0.3 is 13.2 Å². The standard InChI is InChI=1S/C29H50BN5O5/c1-19(2)23(33-26(37)38-27(5,6)7)24(36)34-15-13-12-14-22(34)18-35(20(3)4)25-31-16-21(17-32-25)30-39-28(8,9)29(10,11)40-30/h16-17,19-20,22-23H,12-15,18H2,1-11H3,(H,33,37)/t22-,23-/m0/s1. The summed E-state index contributed by atoms with van der Waals surface area (Å²) in [6, 6.07) is -0.586. The van der Waals surface area contributed by atoms with Crippen molar-refractivity contribution in [2.45, 2.75) is 130 Å². The quantitative estimate of drug-likeness (QED) is 0.478. The lowest BCUT2D eigenvalue weighted by molar-refractivity contribution is -0.138. The second kappa shape index (κ2) is 12.2. The molecule has 3 rings (SSSR count). The molecular weight excluding hydrogens is 509 g/mol. The van der Waals surface area contributed by atoms with Crippen LogP contribution in [0.15, 0.2) is 12.4 Å². The molecule has 3 heterocycles. The monoisotopic (exact) mass is 559 g/mol. The van der Waals surface area contributed by atoms with Crippen LogP contribution in [0.25, 0.3) is 0 Å². The molecule has 40 heavy (non-hydrogen) atoms. The van der Waals surface area contributed by atoms with Crippen LogP contribution in [0.4, 0.5) is 10.7 Å². The van der Waals surface area contributed by atoms with Crippen molar-refractivity contribution in [2.75, 3.05) is 18.0 Å². The van der Waals surface area contributed by atoms with Gasteiger partial charge in [-0.1, -0.05) is 13.8 Å². The van der Waals surface area contributed by atoms with E-state index in [2.05, 4.69) is 24.1 Å². The molecule has 2 saturated heterocycles. The van der Waals surface area contributed by atoms with E-state index in [0.29, 0.717) is 19.0 Å². The van der Waals surface area contributed by atoms with Crippen molar-refractivity contribution in [2.24, 2.45) is 5.92 Å². The summed E-state index contributed by atoms with van der Waals surface area (Å²) in [5.74, 6) is 0.432. The highest BCUT2D eigenvalue weighted by molar-refractivity contribution is 6.61. The molecule has 2 aliphatic rings. The van der Waals surface area contributed by atoms with Crippen molar-refractivity contribution in [3.63, 3.8) is 0 Å². The van der Waals surface area contributed by atoms with Crippen LogP contribution in [0.2, 0.25) is 0 Å². The number of aromatic nitrogens is 2. The van der Waals surface area contributed by atoms with Gasteiger partial charge in [0.2, 0.25) is 11.9 Å². The molecule has 10 nitrogen and oxygen atoms in total. The Morgan fingerprint density at radius 1 is 1.10 bits per heavy atom. The van der Waals surface area contributed by atoms with Crippen LogP contribution in [-0.4, -0.2) is 82.0 Å². The molecule has 224 valence electrons. The Bertz CT molecular complexity index is 1010. The highest BCUT2D eigenvalue weighted by atomic mass is 16.7. The maximum absolute atomic E-state index is 13.8. The van der Waals surface area contributed by atoms with E-state index in [4.69, 9.17) is 24.0 Å². The van der Waals surface area contributed by atoms with Gasteiger partial charge in [-0.3, -0.25) is 4.79 Å². The van der Waals surface area contributed by atoms with Crippen LogP contribution < -0.4 is 15.7 Å². The van der Waals surface area contributed by atoms with Gasteiger partial charge in [0, 0.05) is 43.0 Å². The predicted molar refractivity (Wildman–Crippen MR) is 158 cm³/mol. The van der Waals surface area contributed by atoms with E-state index >= 15 is 0 Å². The number of carbonyl (C=O) groups is 2. The van der Waals surface area contributed by atoms with E-state index in [1.54, 1.807) is 12.4 Å². The molecule has 2 aliphatic heterocycles. The summed E-state index contributed by atoms with van der Waals surface area (Å²) in [7, 11) is -0.525. The first-order valence-corrected chi connectivity index (χ1v) is 14.7. The number of amides is 2. The maximum Gasteiger partial charge on any atom is 0.498 e. The summed E-state index contributed by atoms with van der Waals surface area (Å²) in [5, 5.41) is 2.83. The molecule has 1 aromatic rings. The third-order valence-corrected chi connectivity index (χ3v) is 7.99. The molecule has 1 N–H and O–H groups in total.